The van der Waals surface area contributed by atoms with Crippen molar-refractivity contribution in [2.75, 3.05) is 38.2 Å². The Morgan fingerprint density at radius 3 is 2.61 bits per heavy atom. The van der Waals surface area contributed by atoms with Crippen LogP contribution in [0.15, 0.2) is 53.8 Å². The predicted molar refractivity (Wildman–Crippen MR) is 93.2 cm³/mol. The van der Waals surface area contributed by atoms with Crippen molar-refractivity contribution in [1.29, 1.82) is 0 Å². The van der Waals surface area contributed by atoms with Crippen molar-refractivity contribution in [1.82, 2.24) is 9.99 Å². The minimum absolute atomic E-state index is 0.858. The van der Waals surface area contributed by atoms with Gasteiger partial charge in [0.25, 0.3) is 0 Å². The smallest absolute Gasteiger partial charge is 0.128 e. The van der Waals surface area contributed by atoms with Crippen LogP contribution in [-0.4, -0.2) is 49.0 Å². The zero-order valence-electron chi connectivity index (χ0n) is 13.6. The SMILES string of the molecule is COc1cccc(/C(C)=N/N2CCN(c3ccccn3)CC2)c1. The molecule has 0 radical (unpaired) electrons. The summed E-state index contributed by atoms with van der Waals surface area (Å²) in [6.45, 7) is 5.72. The second-order valence-electron chi connectivity index (χ2n) is 5.55. The second kappa shape index (κ2) is 7.13. The molecule has 0 spiro atoms. The van der Waals surface area contributed by atoms with Gasteiger partial charge in [-0.3, -0.25) is 5.01 Å². The molecule has 0 aliphatic carbocycles. The molecule has 0 unspecified atom stereocenters. The van der Waals surface area contributed by atoms with E-state index in [1.807, 2.05) is 43.5 Å². The van der Waals surface area contributed by atoms with Crippen LogP contribution in [0.25, 0.3) is 0 Å². The molecule has 1 saturated heterocycles. The number of benzene rings is 1. The highest BCUT2D eigenvalue weighted by Gasteiger charge is 2.16. The number of aromatic nitrogens is 1. The molecule has 5 nitrogen and oxygen atoms in total. The number of rotatable bonds is 4. The molecule has 3 rings (SSSR count). The summed E-state index contributed by atoms with van der Waals surface area (Å²) in [4.78, 5) is 6.71. The first-order valence-corrected chi connectivity index (χ1v) is 7.87. The van der Waals surface area contributed by atoms with Gasteiger partial charge in [0.15, 0.2) is 0 Å². The summed E-state index contributed by atoms with van der Waals surface area (Å²) in [5.74, 6) is 1.90. The molecule has 1 aliphatic heterocycles. The number of hydrogen-bond acceptors (Lipinski definition) is 5. The summed E-state index contributed by atoms with van der Waals surface area (Å²) in [7, 11) is 1.68. The van der Waals surface area contributed by atoms with Crippen molar-refractivity contribution in [3.8, 4) is 5.75 Å². The third kappa shape index (κ3) is 3.80. The molecule has 0 amide bonds. The van der Waals surface area contributed by atoms with E-state index >= 15 is 0 Å². The highest BCUT2D eigenvalue weighted by Crippen LogP contribution is 2.15. The summed E-state index contributed by atoms with van der Waals surface area (Å²) < 4.78 is 5.28. The molecule has 1 fully saturated rings. The zero-order valence-corrected chi connectivity index (χ0v) is 13.6. The Bertz CT molecular complexity index is 664. The van der Waals surface area contributed by atoms with Crippen LogP contribution in [0.5, 0.6) is 5.75 Å². The van der Waals surface area contributed by atoms with E-state index < -0.39 is 0 Å². The number of hydrazone groups is 1. The molecule has 5 heteroatoms. The number of nitrogens with zero attached hydrogens (tertiary/aromatic N) is 4. The Morgan fingerprint density at radius 2 is 1.91 bits per heavy atom. The standard InChI is InChI=1S/C18H22N4O/c1-15(16-6-5-7-17(14-16)23-2)20-22-12-10-21(11-13-22)18-8-3-4-9-19-18/h3-9,14H,10-13H2,1-2H3/b20-15+. The van der Waals surface area contributed by atoms with Crippen molar-refractivity contribution in [2.45, 2.75) is 6.92 Å². The van der Waals surface area contributed by atoms with Gasteiger partial charge in [0.1, 0.15) is 11.6 Å². The van der Waals surface area contributed by atoms with E-state index in [-0.39, 0.29) is 0 Å². The molecule has 0 atom stereocenters. The van der Waals surface area contributed by atoms with E-state index in [1.165, 1.54) is 0 Å². The molecule has 0 bridgehead atoms. The number of ether oxygens (including phenoxy) is 1. The van der Waals surface area contributed by atoms with E-state index in [9.17, 15) is 0 Å². The van der Waals surface area contributed by atoms with Crippen molar-refractivity contribution < 1.29 is 4.74 Å². The van der Waals surface area contributed by atoms with Crippen LogP contribution in [0.2, 0.25) is 0 Å². The predicted octanol–water partition coefficient (Wildman–Crippen LogP) is 2.64. The maximum atomic E-state index is 5.28. The number of methoxy groups -OCH3 is 1. The van der Waals surface area contributed by atoms with Gasteiger partial charge in [-0.2, -0.15) is 5.10 Å². The molecule has 1 aromatic heterocycles. The van der Waals surface area contributed by atoms with Gasteiger partial charge in [-0.1, -0.05) is 18.2 Å². The first kappa shape index (κ1) is 15.3. The molecule has 0 saturated carbocycles. The topological polar surface area (TPSA) is 41.0 Å². The van der Waals surface area contributed by atoms with Gasteiger partial charge in [0, 0.05) is 24.8 Å². The Balaban J connectivity index is 1.63. The maximum absolute atomic E-state index is 5.28. The Labute approximate surface area is 137 Å². The molecule has 1 aromatic carbocycles. The monoisotopic (exact) mass is 310 g/mol. The lowest BCUT2D eigenvalue weighted by Gasteiger charge is -2.34. The van der Waals surface area contributed by atoms with Crippen LogP contribution in [-0.2, 0) is 0 Å². The lowest BCUT2D eigenvalue weighted by atomic mass is 10.1. The van der Waals surface area contributed by atoms with Crippen LogP contribution in [0.4, 0.5) is 5.82 Å². The van der Waals surface area contributed by atoms with Crippen molar-refractivity contribution >= 4 is 11.5 Å². The minimum Gasteiger partial charge on any atom is -0.497 e. The average molecular weight is 310 g/mol. The largest absolute Gasteiger partial charge is 0.497 e. The lowest BCUT2D eigenvalue weighted by Crippen LogP contribution is -2.44. The van der Waals surface area contributed by atoms with Gasteiger partial charge in [-0.15, -0.1) is 0 Å². The molecule has 23 heavy (non-hydrogen) atoms. The minimum atomic E-state index is 0.858. The number of anilines is 1. The highest BCUT2D eigenvalue weighted by molar-refractivity contribution is 5.98. The first-order valence-electron chi connectivity index (χ1n) is 7.87. The van der Waals surface area contributed by atoms with Crippen molar-refractivity contribution in [3.63, 3.8) is 0 Å². The summed E-state index contributed by atoms with van der Waals surface area (Å²) in [5, 5.41) is 6.89. The molecule has 2 heterocycles. The summed E-state index contributed by atoms with van der Waals surface area (Å²) in [6.07, 6.45) is 1.84. The fourth-order valence-electron chi connectivity index (χ4n) is 2.68. The van der Waals surface area contributed by atoms with E-state index in [0.29, 0.717) is 0 Å². The zero-order chi connectivity index (χ0) is 16.1. The van der Waals surface area contributed by atoms with E-state index in [0.717, 1.165) is 49.0 Å². The van der Waals surface area contributed by atoms with Gasteiger partial charge in [0.05, 0.1) is 25.9 Å². The van der Waals surface area contributed by atoms with Gasteiger partial charge < -0.3 is 9.64 Å². The fourth-order valence-corrected chi connectivity index (χ4v) is 2.68. The lowest BCUT2D eigenvalue weighted by molar-refractivity contribution is 0.270. The Morgan fingerprint density at radius 1 is 1.09 bits per heavy atom. The molecule has 2 aromatic rings. The number of hydrogen-bond donors (Lipinski definition) is 0. The number of piperazine rings is 1. The highest BCUT2D eigenvalue weighted by atomic mass is 16.5. The Hall–Kier alpha value is -2.56. The molecular formula is C18H22N4O. The van der Waals surface area contributed by atoms with Crippen LogP contribution < -0.4 is 9.64 Å². The normalized spacial score (nSPS) is 15.7. The third-order valence-electron chi connectivity index (χ3n) is 4.01. The summed E-state index contributed by atoms with van der Waals surface area (Å²) in [6, 6.07) is 14.0. The first-order chi connectivity index (χ1) is 11.3. The van der Waals surface area contributed by atoms with Gasteiger partial charge in [0.2, 0.25) is 0 Å². The second-order valence-corrected chi connectivity index (χ2v) is 5.55. The van der Waals surface area contributed by atoms with Crippen molar-refractivity contribution in [2.24, 2.45) is 5.10 Å². The molecule has 0 N–H and O–H groups in total. The molecule has 120 valence electrons. The Kier molecular flexibility index (Phi) is 4.76. The average Bonchev–Trinajstić information content (AvgIpc) is 2.63. The van der Waals surface area contributed by atoms with Gasteiger partial charge in [-0.25, -0.2) is 4.98 Å². The molecule has 1 aliphatic rings. The van der Waals surface area contributed by atoms with Crippen LogP contribution in [0, 0.1) is 0 Å². The van der Waals surface area contributed by atoms with Crippen LogP contribution in [0.1, 0.15) is 12.5 Å². The fraction of sp³-hybridized carbons (Fsp3) is 0.333. The summed E-state index contributed by atoms with van der Waals surface area (Å²) >= 11 is 0. The number of pyridine rings is 1. The van der Waals surface area contributed by atoms with Crippen LogP contribution in [0.3, 0.4) is 0 Å². The van der Waals surface area contributed by atoms with E-state index in [4.69, 9.17) is 9.84 Å². The molecular weight excluding hydrogens is 288 g/mol. The quantitative estimate of drug-likeness (QED) is 0.814. The van der Waals surface area contributed by atoms with Gasteiger partial charge in [-0.05, 0) is 31.2 Å². The van der Waals surface area contributed by atoms with E-state index in [2.05, 4.69) is 27.0 Å². The van der Waals surface area contributed by atoms with Gasteiger partial charge >= 0.3 is 0 Å². The maximum Gasteiger partial charge on any atom is 0.128 e. The van der Waals surface area contributed by atoms with Crippen LogP contribution >= 0.6 is 0 Å². The summed E-state index contributed by atoms with van der Waals surface area (Å²) in [5.41, 5.74) is 2.10. The third-order valence-corrected chi connectivity index (χ3v) is 4.01. The van der Waals surface area contributed by atoms with Crippen molar-refractivity contribution in [3.05, 3.63) is 54.2 Å². The van der Waals surface area contributed by atoms with E-state index in [1.54, 1.807) is 7.11 Å².